The van der Waals surface area contributed by atoms with Crippen LogP contribution in [0.5, 0.6) is 0 Å². The molecular weight excluding hydrogens is 388 g/mol. The van der Waals surface area contributed by atoms with Gasteiger partial charge < -0.3 is 19.4 Å². The first-order chi connectivity index (χ1) is 14.0. The SMILES string of the molecule is CNC(=O)c1ccc(-c2nc3cc(Cl)ccn3c2CC2CN(C)CCO2)c(C)c1. The van der Waals surface area contributed by atoms with Gasteiger partial charge >= 0.3 is 0 Å². The smallest absolute Gasteiger partial charge is 0.251 e. The van der Waals surface area contributed by atoms with E-state index in [1.165, 1.54) is 0 Å². The molecule has 0 spiro atoms. The molecule has 1 aliphatic rings. The number of pyridine rings is 1. The molecular formula is C22H25ClN4O2. The highest BCUT2D eigenvalue weighted by Crippen LogP contribution is 2.30. The largest absolute Gasteiger partial charge is 0.375 e. The summed E-state index contributed by atoms with van der Waals surface area (Å²) in [7, 11) is 3.75. The van der Waals surface area contributed by atoms with E-state index in [-0.39, 0.29) is 12.0 Å². The maximum Gasteiger partial charge on any atom is 0.251 e. The lowest BCUT2D eigenvalue weighted by molar-refractivity contribution is -0.0190. The molecule has 7 heteroatoms. The second-order valence-corrected chi connectivity index (χ2v) is 7.98. The summed E-state index contributed by atoms with van der Waals surface area (Å²) in [6, 6.07) is 9.46. The molecule has 0 bridgehead atoms. The van der Waals surface area contributed by atoms with Gasteiger partial charge in [0.15, 0.2) is 0 Å². The van der Waals surface area contributed by atoms with Crippen molar-refractivity contribution in [2.75, 3.05) is 33.8 Å². The zero-order valence-corrected chi connectivity index (χ0v) is 17.7. The van der Waals surface area contributed by atoms with Crippen molar-refractivity contribution < 1.29 is 9.53 Å². The lowest BCUT2D eigenvalue weighted by Crippen LogP contribution is -2.41. The summed E-state index contributed by atoms with van der Waals surface area (Å²) in [5.41, 5.74) is 5.46. The highest BCUT2D eigenvalue weighted by Gasteiger charge is 2.24. The van der Waals surface area contributed by atoms with Crippen LogP contribution in [-0.2, 0) is 11.2 Å². The number of ether oxygens (including phenoxy) is 1. The normalized spacial score (nSPS) is 17.6. The lowest BCUT2D eigenvalue weighted by Gasteiger charge is -2.30. The predicted molar refractivity (Wildman–Crippen MR) is 115 cm³/mol. The van der Waals surface area contributed by atoms with Crippen molar-refractivity contribution in [3.63, 3.8) is 0 Å². The number of aromatic nitrogens is 2. The minimum Gasteiger partial charge on any atom is -0.375 e. The van der Waals surface area contributed by atoms with E-state index in [0.717, 1.165) is 54.3 Å². The van der Waals surface area contributed by atoms with Gasteiger partial charge in [0.25, 0.3) is 5.91 Å². The topological polar surface area (TPSA) is 58.9 Å². The van der Waals surface area contributed by atoms with Gasteiger partial charge in [-0.15, -0.1) is 0 Å². The number of likely N-dealkylation sites (N-methyl/N-ethyl adjacent to an activating group) is 1. The summed E-state index contributed by atoms with van der Waals surface area (Å²) < 4.78 is 8.11. The molecule has 2 aromatic heterocycles. The van der Waals surface area contributed by atoms with Crippen LogP contribution in [0.4, 0.5) is 0 Å². The Hall–Kier alpha value is -2.41. The number of hydrogen-bond donors (Lipinski definition) is 1. The van der Waals surface area contributed by atoms with Crippen LogP contribution in [0.2, 0.25) is 5.02 Å². The Kier molecular flexibility index (Phi) is 5.58. The molecule has 152 valence electrons. The molecule has 0 aliphatic carbocycles. The number of morpholine rings is 1. The summed E-state index contributed by atoms with van der Waals surface area (Å²) in [5.74, 6) is -0.0969. The van der Waals surface area contributed by atoms with E-state index in [2.05, 4.69) is 21.7 Å². The summed E-state index contributed by atoms with van der Waals surface area (Å²) in [5, 5.41) is 3.32. The van der Waals surface area contributed by atoms with Crippen molar-refractivity contribution in [2.24, 2.45) is 0 Å². The lowest BCUT2D eigenvalue weighted by atomic mass is 9.99. The van der Waals surface area contributed by atoms with Crippen LogP contribution in [0, 0.1) is 6.92 Å². The second kappa shape index (κ2) is 8.14. The second-order valence-electron chi connectivity index (χ2n) is 7.55. The Morgan fingerprint density at radius 1 is 1.34 bits per heavy atom. The monoisotopic (exact) mass is 412 g/mol. The van der Waals surface area contributed by atoms with Crippen LogP contribution in [0.3, 0.4) is 0 Å². The molecule has 29 heavy (non-hydrogen) atoms. The molecule has 1 atom stereocenters. The third kappa shape index (κ3) is 4.01. The molecule has 1 fully saturated rings. The van der Waals surface area contributed by atoms with E-state index in [1.54, 1.807) is 7.05 Å². The first-order valence-corrected chi connectivity index (χ1v) is 10.1. The van der Waals surface area contributed by atoms with E-state index >= 15 is 0 Å². The van der Waals surface area contributed by atoms with E-state index in [9.17, 15) is 4.79 Å². The fraction of sp³-hybridized carbons (Fsp3) is 0.364. The quantitative estimate of drug-likeness (QED) is 0.715. The molecule has 1 aliphatic heterocycles. The van der Waals surface area contributed by atoms with Crippen molar-refractivity contribution in [3.8, 4) is 11.3 Å². The fourth-order valence-electron chi connectivity index (χ4n) is 3.90. The van der Waals surface area contributed by atoms with Crippen LogP contribution >= 0.6 is 11.6 Å². The molecule has 1 N–H and O–H groups in total. The Balaban J connectivity index is 1.80. The summed E-state index contributed by atoms with van der Waals surface area (Å²) in [6.45, 7) is 4.58. The number of fused-ring (bicyclic) bond motifs is 1. The number of aryl methyl sites for hydroxylation is 1. The van der Waals surface area contributed by atoms with E-state index in [0.29, 0.717) is 10.6 Å². The number of hydrogen-bond acceptors (Lipinski definition) is 4. The van der Waals surface area contributed by atoms with Gasteiger partial charge in [-0.25, -0.2) is 4.98 Å². The molecule has 1 saturated heterocycles. The molecule has 3 aromatic rings. The summed E-state index contributed by atoms with van der Waals surface area (Å²) in [4.78, 5) is 19.2. The molecule has 1 amide bonds. The third-order valence-corrected chi connectivity index (χ3v) is 5.66. The molecule has 3 heterocycles. The maximum absolute atomic E-state index is 12.0. The van der Waals surface area contributed by atoms with Crippen molar-refractivity contribution >= 4 is 23.2 Å². The fourth-order valence-corrected chi connectivity index (χ4v) is 4.06. The number of benzene rings is 1. The van der Waals surface area contributed by atoms with Gasteiger partial charge in [-0.05, 0) is 37.7 Å². The van der Waals surface area contributed by atoms with Gasteiger partial charge in [0.1, 0.15) is 5.65 Å². The number of rotatable bonds is 4. The first-order valence-electron chi connectivity index (χ1n) is 9.76. The zero-order valence-electron chi connectivity index (χ0n) is 16.9. The highest BCUT2D eigenvalue weighted by molar-refractivity contribution is 6.30. The number of imidazole rings is 1. The first kappa shape index (κ1) is 19.9. The molecule has 1 unspecified atom stereocenters. The summed E-state index contributed by atoms with van der Waals surface area (Å²) in [6.07, 6.45) is 2.82. The third-order valence-electron chi connectivity index (χ3n) is 5.42. The van der Waals surface area contributed by atoms with E-state index < -0.39 is 0 Å². The molecule has 0 saturated carbocycles. The van der Waals surface area contributed by atoms with Gasteiger partial charge in [0.05, 0.1) is 24.1 Å². The number of halogens is 1. The Morgan fingerprint density at radius 2 is 2.17 bits per heavy atom. The van der Waals surface area contributed by atoms with Gasteiger partial charge in [0, 0.05) is 55.0 Å². The average molecular weight is 413 g/mol. The van der Waals surface area contributed by atoms with Crippen molar-refractivity contribution in [2.45, 2.75) is 19.4 Å². The van der Waals surface area contributed by atoms with Crippen LogP contribution in [0.15, 0.2) is 36.5 Å². The zero-order chi connectivity index (χ0) is 20.5. The molecule has 1 aromatic carbocycles. The van der Waals surface area contributed by atoms with Gasteiger partial charge in [-0.1, -0.05) is 17.7 Å². The number of nitrogens with zero attached hydrogens (tertiary/aromatic N) is 3. The maximum atomic E-state index is 12.0. The Bertz CT molecular complexity index is 1060. The summed E-state index contributed by atoms with van der Waals surface area (Å²) >= 11 is 6.21. The number of carbonyl (C=O) groups excluding carboxylic acids is 1. The van der Waals surface area contributed by atoms with Gasteiger partial charge in [0.2, 0.25) is 0 Å². The molecule has 6 nitrogen and oxygen atoms in total. The van der Waals surface area contributed by atoms with E-state index in [4.69, 9.17) is 21.3 Å². The van der Waals surface area contributed by atoms with E-state index in [1.807, 2.05) is 43.5 Å². The minimum atomic E-state index is -0.0969. The number of amides is 1. The molecule has 0 radical (unpaired) electrons. The number of nitrogens with one attached hydrogen (secondary N) is 1. The van der Waals surface area contributed by atoms with Gasteiger partial charge in [-0.3, -0.25) is 4.79 Å². The van der Waals surface area contributed by atoms with Crippen LogP contribution in [-0.4, -0.2) is 60.1 Å². The van der Waals surface area contributed by atoms with Crippen molar-refractivity contribution in [1.82, 2.24) is 19.6 Å². The van der Waals surface area contributed by atoms with Crippen molar-refractivity contribution in [3.05, 3.63) is 58.4 Å². The highest BCUT2D eigenvalue weighted by atomic mass is 35.5. The Labute approximate surface area is 175 Å². The standard InChI is InChI=1S/C22H25ClN4O2/c1-14-10-15(22(28)24-2)4-5-18(14)21-19(12-17-13-26(3)8-9-29-17)27-7-6-16(23)11-20(27)25-21/h4-7,10-11,17H,8-9,12-13H2,1-3H3,(H,24,28). The van der Waals surface area contributed by atoms with Crippen LogP contribution in [0.25, 0.3) is 16.9 Å². The Morgan fingerprint density at radius 3 is 2.90 bits per heavy atom. The average Bonchev–Trinajstić information content (AvgIpc) is 3.04. The van der Waals surface area contributed by atoms with Crippen molar-refractivity contribution in [1.29, 1.82) is 0 Å². The number of carbonyl (C=O) groups is 1. The molecule has 4 rings (SSSR count). The predicted octanol–water partition coefficient (Wildman–Crippen LogP) is 3.20. The minimum absolute atomic E-state index is 0.0969. The van der Waals surface area contributed by atoms with Gasteiger partial charge in [-0.2, -0.15) is 0 Å². The van der Waals surface area contributed by atoms with Crippen LogP contribution in [0.1, 0.15) is 21.6 Å². The van der Waals surface area contributed by atoms with Crippen LogP contribution < -0.4 is 5.32 Å².